The Kier molecular flexibility index (Phi) is 4.65. The first-order valence-corrected chi connectivity index (χ1v) is 8.48. The molecule has 1 saturated carbocycles. The first-order chi connectivity index (χ1) is 9.69. The van der Waals surface area contributed by atoms with Crippen molar-refractivity contribution in [2.45, 2.75) is 57.2 Å². The fourth-order valence-electron chi connectivity index (χ4n) is 4.37. The zero-order chi connectivity index (χ0) is 14.0. The summed E-state index contributed by atoms with van der Waals surface area (Å²) in [4.78, 5) is 5.45. The monoisotopic (exact) mass is 281 g/mol. The third kappa shape index (κ3) is 3.03. The van der Waals surface area contributed by atoms with Gasteiger partial charge in [0.2, 0.25) is 0 Å². The number of morpholine rings is 1. The van der Waals surface area contributed by atoms with E-state index in [-0.39, 0.29) is 0 Å². The van der Waals surface area contributed by atoms with Gasteiger partial charge in [-0.3, -0.25) is 9.80 Å². The lowest BCUT2D eigenvalue weighted by Gasteiger charge is -2.50. The molecule has 3 fully saturated rings. The lowest BCUT2D eigenvalue weighted by atomic mass is 9.78. The molecule has 3 aliphatic rings. The second kappa shape index (κ2) is 6.30. The quantitative estimate of drug-likeness (QED) is 0.826. The van der Waals surface area contributed by atoms with Crippen LogP contribution in [0.4, 0.5) is 0 Å². The van der Waals surface area contributed by atoms with Gasteiger partial charge in [-0.15, -0.1) is 0 Å². The van der Waals surface area contributed by atoms with Crippen molar-refractivity contribution in [2.75, 3.05) is 45.9 Å². The lowest BCUT2D eigenvalue weighted by Crippen LogP contribution is -2.58. The fourth-order valence-corrected chi connectivity index (χ4v) is 4.37. The Morgan fingerprint density at radius 1 is 1.10 bits per heavy atom. The van der Waals surface area contributed by atoms with Crippen molar-refractivity contribution < 1.29 is 4.74 Å². The second-order valence-corrected chi connectivity index (χ2v) is 7.12. The number of hydrogen-bond acceptors (Lipinski definition) is 4. The predicted molar refractivity (Wildman–Crippen MR) is 82.1 cm³/mol. The van der Waals surface area contributed by atoms with Crippen LogP contribution in [-0.2, 0) is 4.74 Å². The lowest BCUT2D eigenvalue weighted by molar-refractivity contribution is -0.0426. The number of nitrogens with zero attached hydrogens (tertiary/aromatic N) is 2. The summed E-state index contributed by atoms with van der Waals surface area (Å²) < 4.78 is 5.51. The number of piperazine rings is 1. The highest BCUT2D eigenvalue weighted by Gasteiger charge is 2.39. The predicted octanol–water partition coefficient (Wildman–Crippen LogP) is 1.31. The molecule has 4 nitrogen and oxygen atoms in total. The normalized spacial score (nSPS) is 41.7. The van der Waals surface area contributed by atoms with Crippen molar-refractivity contribution in [1.29, 1.82) is 0 Å². The minimum absolute atomic E-state index is 0.428. The van der Waals surface area contributed by atoms with Crippen LogP contribution >= 0.6 is 0 Å². The Bertz CT molecular complexity index is 309. The Morgan fingerprint density at radius 3 is 2.45 bits per heavy atom. The first-order valence-electron chi connectivity index (χ1n) is 8.48. The van der Waals surface area contributed by atoms with Crippen LogP contribution in [0.15, 0.2) is 0 Å². The van der Waals surface area contributed by atoms with Crippen LogP contribution in [-0.4, -0.2) is 73.4 Å². The van der Waals surface area contributed by atoms with E-state index in [9.17, 15) is 0 Å². The molecule has 20 heavy (non-hydrogen) atoms. The van der Waals surface area contributed by atoms with E-state index in [2.05, 4.69) is 29.0 Å². The van der Waals surface area contributed by atoms with E-state index < -0.39 is 0 Å². The molecule has 0 aromatic rings. The smallest absolute Gasteiger partial charge is 0.0594 e. The van der Waals surface area contributed by atoms with Crippen LogP contribution in [0.25, 0.3) is 0 Å². The van der Waals surface area contributed by atoms with Gasteiger partial charge in [0.15, 0.2) is 0 Å². The molecule has 2 saturated heterocycles. The molecule has 0 spiro atoms. The Hall–Kier alpha value is -0.160. The maximum atomic E-state index is 5.51. The van der Waals surface area contributed by atoms with Crippen molar-refractivity contribution in [2.24, 2.45) is 0 Å². The summed E-state index contributed by atoms with van der Waals surface area (Å²) in [6.45, 7) is 12.5. The zero-order valence-corrected chi connectivity index (χ0v) is 13.2. The van der Waals surface area contributed by atoms with Crippen LogP contribution in [0, 0.1) is 0 Å². The summed E-state index contributed by atoms with van der Waals surface area (Å²) in [5.41, 5.74) is 0.428. The standard InChI is InChI=1S/C16H31N3O/c1-14-13-17-7-8-19(14)15-3-5-16(2,6-4-15)18-9-11-20-12-10-18/h14-15,17H,3-13H2,1-2H3. The number of hydrogen-bond donors (Lipinski definition) is 1. The summed E-state index contributed by atoms with van der Waals surface area (Å²) in [6, 6.07) is 1.53. The summed E-state index contributed by atoms with van der Waals surface area (Å²) in [6.07, 6.45) is 5.46. The van der Waals surface area contributed by atoms with Gasteiger partial charge in [0, 0.05) is 50.3 Å². The van der Waals surface area contributed by atoms with Gasteiger partial charge in [0.1, 0.15) is 0 Å². The maximum absolute atomic E-state index is 5.51. The van der Waals surface area contributed by atoms with Gasteiger partial charge in [-0.1, -0.05) is 0 Å². The molecule has 2 aliphatic heterocycles. The minimum atomic E-state index is 0.428. The van der Waals surface area contributed by atoms with Crippen molar-refractivity contribution in [3.63, 3.8) is 0 Å². The van der Waals surface area contributed by atoms with Crippen LogP contribution in [0.2, 0.25) is 0 Å². The molecule has 0 aromatic heterocycles. The minimum Gasteiger partial charge on any atom is -0.379 e. The molecule has 0 amide bonds. The summed E-state index contributed by atoms with van der Waals surface area (Å²) in [7, 11) is 0. The molecule has 0 radical (unpaired) electrons. The highest BCUT2D eigenvalue weighted by molar-refractivity contribution is 4.96. The van der Waals surface area contributed by atoms with Crippen molar-refractivity contribution in [3.8, 4) is 0 Å². The van der Waals surface area contributed by atoms with Gasteiger partial charge in [-0.25, -0.2) is 0 Å². The van der Waals surface area contributed by atoms with E-state index in [1.165, 1.54) is 38.8 Å². The van der Waals surface area contributed by atoms with Gasteiger partial charge >= 0.3 is 0 Å². The van der Waals surface area contributed by atoms with E-state index in [1.54, 1.807) is 0 Å². The third-order valence-electron chi connectivity index (χ3n) is 5.83. The maximum Gasteiger partial charge on any atom is 0.0594 e. The van der Waals surface area contributed by atoms with E-state index in [1.807, 2.05) is 0 Å². The fraction of sp³-hybridized carbons (Fsp3) is 1.00. The second-order valence-electron chi connectivity index (χ2n) is 7.12. The van der Waals surface area contributed by atoms with Crippen molar-refractivity contribution in [3.05, 3.63) is 0 Å². The zero-order valence-electron chi connectivity index (χ0n) is 13.2. The van der Waals surface area contributed by atoms with Crippen LogP contribution in [0.3, 0.4) is 0 Å². The van der Waals surface area contributed by atoms with Gasteiger partial charge in [0.25, 0.3) is 0 Å². The number of rotatable bonds is 2. The van der Waals surface area contributed by atoms with Gasteiger partial charge in [-0.05, 0) is 39.5 Å². The summed E-state index contributed by atoms with van der Waals surface area (Å²) in [5, 5.41) is 3.51. The van der Waals surface area contributed by atoms with Gasteiger partial charge < -0.3 is 10.1 Å². The highest BCUT2D eigenvalue weighted by Crippen LogP contribution is 2.36. The molecular formula is C16H31N3O. The largest absolute Gasteiger partial charge is 0.379 e. The average molecular weight is 281 g/mol. The average Bonchev–Trinajstić information content (AvgIpc) is 2.50. The summed E-state index contributed by atoms with van der Waals surface area (Å²) in [5.74, 6) is 0. The van der Waals surface area contributed by atoms with E-state index in [4.69, 9.17) is 4.74 Å². The molecule has 4 heteroatoms. The SMILES string of the molecule is CC1CNCCN1C1CCC(C)(N2CCOCC2)CC1. The number of nitrogens with one attached hydrogen (secondary N) is 1. The Morgan fingerprint density at radius 2 is 1.80 bits per heavy atom. The molecule has 116 valence electrons. The molecule has 1 N–H and O–H groups in total. The molecule has 3 rings (SSSR count). The molecule has 0 bridgehead atoms. The Balaban J connectivity index is 1.55. The molecule has 1 unspecified atom stereocenters. The molecule has 1 atom stereocenters. The van der Waals surface area contributed by atoms with Gasteiger partial charge in [-0.2, -0.15) is 0 Å². The van der Waals surface area contributed by atoms with Crippen LogP contribution in [0.5, 0.6) is 0 Å². The number of ether oxygens (including phenoxy) is 1. The topological polar surface area (TPSA) is 27.7 Å². The summed E-state index contributed by atoms with van der Waals surface area (Å²) >= 11 is 0. The molecular weight excluding hydrogens is 250 g/mol. The van der Waals surface area contributed by atoms with Crippen molar-refractivity contribution >= 4 is 0 Å². The van der Waals surface area contributed by atoms with Gasteiger partial charge in [0.05, 0.1) is 13.2 Å². The van der Waals surface area contributed by atoms with Crippen LogP contribution in [0.1, 0.15) is 39.5 Å². The molecule has 2 heterocycles. The van der Waals surface area contributed by atoms with E-state index in [0.717, 1.165) is 38.9 Å². The Labute approximate surface area is 123 Å². The van der Waals surface area contributed by atoms with E-state index >= 15 is 0 Å². The molecule has 0 aromatic carbocycles. The van der Waals surface area contributed by atoms with Crippen LogP contribution < -0.4 is 5.32 Å². The first kappa shape index (κ1) is 14.8. The molecule has 1 aliphatic carbocycles. The van der Waals surface area contributed by atoms with Crippen molar-refractivity contribution in [1.82, 2.24) is 15.1 Å². The van der Waals surface area contributed by atoms with E-state index in [0.29, 0.717) is 11.6 Å². The third-order valence-corrected chi connectivity index (χ3v) is 5.83. The highest BCUT2D eigenvalue weighted by atomic mass is 16.5.